The Bertz CT molecular complexity index is 904. The van der Waals surface area contributed by atoms with Crippen LogP contribution in [0.2, 0.25) is 0 Å². The molecule has 2 aromatic heterocycles. The molecule has 0 aliphatic rings. The molecule has 0 spiro atoms. The van der Waals surface area contributed by atoms with Crippen LogP contribution in [0.4, 0.5) is 0 Å². The van der Waals surface area contributed by atoms with Crippen LogP contribution in [-0.4, -0.2) is 17.4 Å². The summed E-state index contributed by atoms with van der Waals surface area (Å²) in [5.41, 5.74) is 2.07. The number of hydrogen-bond acceptors (Lipinski definition) is 4. The summed E-state index contributed by atoms with van der Waals surface area (Å²) >= 11 is 5.18. The molecule has 0 saturated heterocycles. The van der Waals surface area contributed by atoms with E-state index in [1.54, 1.807) is 17.6 Å². The molecule has 3 aromatic rings. The van der Waals surface area contributed by atoms with Crippen LogP contribution in [0.3, 0.4) is 0 Å². The molecule has 0 amide bonds. The maximum Gasteiger partial charge on any atom is 0.206 e. The minimum absolute atomic E-state index is 0.714. The molecule has 0 atom stereocenters. The minimum Gasteiger partial charge on any atom is -0.460 e. The van der Waals surface area contributed by atoms with Crippen molar-refractivity contribution < 1.29 is 4.42 Å². The highest BCUT2D eigenvalue weighted by Crippen LogP contribution is 2.28. The number of halogens is 1. The predicted molar refractivity (Wildman–Crippen MR) is 98.0 cm³/mol. The molecule has 23 heavy (non-hydrogen) atoms. The lowest BCUT2D eigenvalue weighted by atomic mass is 10.2. The first-order chi connectivity index (χ1) is 11.2. The second-order valence-corrected chi connectivity index (χ2v) is 6.55. The average Bonchev–Trinajstić information content (AvgIpc) is 3.13. The van der Waals surface area contributed by atoms with Gasteiger partial charge in [0.2, 0.25) is 4.80 Å². The Hall–Kier alpha value is -1.92. The van der Waals surface area contributed by atoms with Crippen molar-refractivity contribution in [3.05, 3.63) is 62.6 Å². The maximum absolute atomic E-state index is 5.55. The molecular weight excluding hydrogens is 374 g/mol. The van der Waals surface area contributed by atoms with Gasteiger partial charge in [0.15, 0.2) is 0 Å². The van der Waals surface area contributed by atoms with Gasteiger partial charge >= 0.3 is 0 Å². The zero-order valence-electron chi connectivity index (χ0n) is 12.9. The van der Waals surface area contributed by atoms with Crippen LogP contribution in [0.15, 0.2) is 60.8 Å². The van der Waals surface area contributed by atoms with Crippen molar-refractivity contribution in [1.29, 1.82) is 0 Å². The average molecular weight is 390 g/mol. The number of thiazole rings is 1. The second kappa shape index (κ2) is 7.10. The number of hydrogen-bond donors (Lipinski definition) is 0. The summed E-state index contributed by atoms with van der Waals surface area (Å²) in [6.07, 6.45) is 1.72. The van der Waals surface area contributed by atoms with E-state index in [9.17, 15) is 0 Å². The van der Waals surface area contributed by atoms with Crippen molar-refractivity contribution in [2.45, 2.75) is 13.8 Å². The molecule has 0 fully saturated rings. The van der Waals surface area contributed by atoms with E-state index in [2.05, 4.69) is 37.5 Å². The van der Waals surface area contributed by atoms with E-state index in [0.717, 1.165) is 32.1 Å². The van der Waals surface area contributed by atoms with Crippen molar-refractivity contribution >= 4 is 33.5 Å². The highest BCUT2D eigenvalue weighted by atomic mass is 79.9. The van der Waals surface area contributed by atoms with Crippen LogP contribution in [0.1, 0.15) is 18.4 Å². The summed E-state index contributed by atoms with van der Waals surface area (Å²) in [6, 6.07) is 11.9. The number of aromatic nitrogens is 1. The van der Waals surface area contributed by atoms with E-state index in [1.807, 2.05) is 48.9 Å². The highest BCUT2D eigenvalue weighted by molar-refractivity contribution is 9.10. The smallest absolute Gasteiger partial charge is 0.206 e. The summed E-state index contributed by atoms with van der Waals surface area (Å²) < 4.78 is 8.43. The van der Waals surface area contributed by atoms with E-state index in [-0.39, 0.29) is 0 Å². The Kier molecular flexibility index (Phi) is 4.93. The first-order valence-corrected chi connectivity index (χ1v) is 8.93. The van der Waals surface area contributed by atoms with Crippen molar-refractivity contribution in [3.8, 4) is 11.3 Å². The molecule has 6 heteroatoms. The van der Waals surface area contributed by atoms with E-state index < -0.39 is 0 Å². The quantitative estimate of drug-likeness (QED) is 0.597. The summed E-state index contributed by atoms with van der Waals surface area (Å²) in [5.74, 6) is 1.59. The van der Waals surface area contributed by atoms with Crippen LogP contribution >= 0.6 is 27.3 Å². The van der Waals surface area contributed by atoms with Gasteiger partial charge in [0.1, 0.15) is 11.5 Å². The Morgan fingerprint density at radius 3 is 2.78 bits per heavy atom. The molecule has 0 N–H and O–H groups in total. The van der Waals surface area contributed by atoms with Gasteiger partial charge in [-0.15, -0.1) is 11.3 Å². The second-order valence-electron chi connectivity index (χ2n) is 4.86. The third-order valence-electron chi connectivity index (χ3n) is 3.19. The molecule has 0 aliphatic carbocycles. The normalized spacial score (nSPS) is 12.4. The van der Waals surface area contributed by atoms with E-state index >= 15 is 0 Å². The number of aryl methyl sites for hydroxylation is 1. The third-order valence-corrected chi connectivity index (χ3v) is 4.74. The molecule has 118 valence electrons. The fourth-order valence-electron chi connectivity index (χ4n) is 2.15. The molecule has 0 aliphatic heterocycles. The van der Waals surface area contributed by atoms with Gasteiger partial charge in [-0.25, -0.2) is 4.68 Å². The van der Waals surface area contributed by atoms with Gasteiger partial charge in [-0.05, 0) is 32.0 Å². The van der Waals surface area contributed by atoms with Gasteiger partial charge in [-0.3, -0.25) is 4.99 Å². The Morgan fingerprint density at radius 2 is 2.09 bits per heavy atom. The van der Waals surface area contributed by atoms with Crippen molar-refractivity contribution in [1.82, 2.24) is 4.68 Å². The molecule has 0 saturated carbocycles. The Labute approximate surface area is 146 Å². The van der Waals surface area contributed by atoms with Crippen molar-refractivity contribution in [3.63, 3.8) is 0 Å². The molecule has 0 radical (unpaired) electrons. The van der Waals surface area contributed by atoms with Crippen LogP contribution in [0, 0.1) is 6.92 Å². The SMILES string of the molecule is CCN=c1scc(-c2ccccc2Br)n1/N=C\c1ccc(C)o1. The van der Waals surface area contributed by atoms with Gasteiger partial charge < -0.3 is 4.42 Å². The topological polar surface area (TPSA) is 42.8 Å². The van der Waals surface area contributed by atoms with Crippen molar-refractivity contribution in [2.24, 2.45) is 10.1 Å². The van der Waals surface area contributed by atoms with Crippen LogP contribution in [-0.2, 0) is 0 Å². The van der Waals surface area contributed by atoms with E-state index in [4.69, 9.17) is 4.42 Å². The molecule has 2 heterocycles. The monoisotopic (exact) mass is 389 g/mol. The molecule has 4 nitrogen and oxygen atoms in total. The lowest BCUT2D eigenvalue weighted by Gasteiger charge is -2.05. The number of furan rings is 1. The molecule has 0 bridgehead atoms. The predicted octanol–water partition coefficient (Wildman–Crippen LogP) is 4.68. The highest BCUT2D eigenvalue weighted by Gasteiger charge is 2.10. The van der Waals surface area contributed by atoms with E-state index in [0.29, 0.717) is 6.54 Å². The number of nitrogens with zero attached hydrogens (tertiary/aromatic N) is 3. The van der Waals surface area contributed by atoms with Crippen LogP contribution in [0.25, 0.3) is 11.3 Å². The number of benzene rings is 1. The molecular formula is C17H16BrN3OS. The van der Waals surface area contributed by atoms with Crippen LogP contribution in [0.5, 0.6) is 0 Å². The standard InChI is InChI=1S/C17H16BrN3OS/c1-3-19-17-21(20-10-13-9-8-12(2)22-13)16(11-23-17)14-6-4-5-7-15(14)18/h4-11H,3H2,1-2H3/b19-17?,20-10-. The Morgan fingerprint density at radius 1 is 1.26 bits per heavy atom. The maximum atomic E-state index is 5.55. The summed E-state index contributed by atoms with van der Waals surface area (Å²) in [5, 5.41) is 6.65. The third kappa shape index (κ3) is 3.54. The first kappa shape index (κ1) is 16.0. The Balaban J connectivity index is 2.10. The lowest BCUT2D eigenvalue weighted by molar-refractivity contribution is 0.527. The van der Waals surface area contributed by atoms with Gasteiger partial charge in [-0.2, -0.15) is 5.10 Å². The fourth-order valence-corrected chi connectivity index (χ4v) is 3.53. The van der Waals surface area contributed by atoms with Gasteiger partial charge in [0, 0.05) is 22.0 Å². The number of rotatable bonds is 4. The largest absolute Gasteiger partial charge is 0.460 e. The zero-order chi connectivity index (χ0) is 16.2. The zero-order valence-corrected chi connectivity index (χ0v) is 15.3. The minimum atomic E-state index is 0.714. The molecule has 1 aromatic carbocycles. The van der Waals surface area contributed by atoms with Gasteiger partial charge in [0.25, 0.3) is 0 Å². The summed E-state index contributed by atoms with van der Waals surface area (Å²) in [7, 11) is 0. The molecule has 0 unspecified atom stereocenters. The van der Waals surface area contributed by atoms with Crippen molar-refractivity contribution in [2.75, 3.05) is 6.54 Å². The van der Waals surface area contributed by atoms with E-state index in [1.165, 1.54) is 0 Å². The first-order valence-electron chi connectivity index (χ1n) is 7.25. The summed E-state index contributed by atoms with van der Waals surface area (Å²) in [4.78, 5) is 5.38. The summed E-state index contributed by atoms with van der Waals surface area (Å²) in [6.45, 7) is 4.65. The van der Waals surface area contributed by atoms with Gasteiger partial charge in [0.05, 0.1) is 11.9 Å². The molecule has 3 rings (SSSR count). The fraction of sp³-hybridized carbons (Fsp3) is 0.176. The lowest BCUT2D eigenvalue weighted by Crippen LogP contribution is -2.12. The van der Waals surface area contributed by atoms with Gasteiger partial charge in [-0.1, -0.05) is 34.1 Å². The van der Waals surface area contributed by atoms with Crippen LogP contribution < -0.4 is 4.80 Å².